The van der Waals surface area contributed by atoms with E-state index in [1.54, 1.807) is 42.9 Å². The molecular weight excluding hydrogens is 366 g/mol. The Kier molecular flexibility index (Phi) is 5.13. The number of nitrogens with one attached hydrogen (secondary N) is 2. The van der Waals surface area contributed by atoms with E-state index in [1.807, 2.05) is 6.07 Å². The number of aromatic nitrogens is 3. The van der Waals surface area contributed by atoms with Gasteiger partial charge in [-0.1, -0.05) is 12.1 Å². The highest BCUT2D eigenvalue weighted by Crippen LogP contribution is 2.31. The Hall–Kier alpha value is -3.33. The fraction of sp³-hybridized carbons (Fsp3) is 0.111. The van der Waals surface area contributed by atoms with Gasteiger partial charge < -0.3 is 10.6 Å². The van der Waals surface area contributed by atoms with Crippen molar-refractivity contribution in [1.29, 1.82) is 0 Å². The van der Waals surface area contributed by atoms with Crippen LogP contribution < -0.4 is 10.6 Å². The fourth-order valence-corrected chi connectivity index (χ4v) is 2.98. The van der Waals surface area contributed by atoms with Crippen LogP contribution in [0.5, 0.6) is 0 Å². The number of rotatable bonds is 5. The monoisotopic (exact) mass is 383 g/mol. The molecule has 0 saturated carbocycles. The van der Waals surface area contributed by atoms with Crippen molar-refractivity contribution in [1.82, 2.24) is 15.0 Å². The summed E-state index contributed by atoms with van der Waals surface area (Å²) in [5.41, 5.74) is 2.13. The third kappa shape index (κ3) is 4.64. The van der Waals surface area contributed by atoms with E-state index >= 15 is 0 Å². The van der Waals surface area contributed by atoms with E-state index in [9.17, 15) is 13.2 Å². The van der Waals surface area contributed by atoms with Gasteiger partial charge in [-0.05, 0) is 18.2 Å². The Morgan fingerprint density at radius 3 is 2.56 bits per heavy atom. The Morgan fingerprint density at radius 2 is 1.89 bits per heavy atom. The second-order valence-corrected chi connectivity index (χ2v) is 7.76. The Morgan fingerprint density at radius 1 is 1.07 bits per heavy atom. The van der Waals surface area contributed by atoms with Gasteiger partial charge in [0, 0.05) is 49.0 Å². The smallest absolute Gasteiger partial charge is 0.222 e. The molecule has 0 spiro atoms. The standard InChI is InChI=1S/C18H17N5O3S/c1-12(24)21-17-9-15(14(11-20-17)13-5-4-8-19-10-13)22-16-6-3-7-18(23-16)27(2,25)26/h3-11H,1-2H3,(H2,20,21,22,23,24). The third-order valence-corrected chi connectivity index (χ3v) is 4.53. The Balaban J connectivity index is 2.05. The summed E-state index contributed by atoms with van der Waals surface area (Å²) >= 11 is 0. The van der Waals surface area contributed by atoms with E-state index in [-0.39, 0.29) is 10.9 Å². The molecule has 0 aliphatic rings. The quantitative estimate of drug-likeness (QED) is 0.696. The maximum absolute atomic E-state index is 11.7. The number of carbonyl (C=O) groups excluding carboxylic acids is 1. The molecule has 3 heterocycles. The van der Waals surface area contributed by atoms with E-state index < -0.39 is 9.84 Å². The highest BCUT2D eigenvalue weighted by Gasteiger charge is 2.12. The van der Waals surface area contributed by atoms with Crippen molar-refractivity contribution in [3.63, 3.8) is 0 Å². The molecule has 1 amide bonds. The summed E-state index contributed by atoms with van der Waals surface area (Å²) < 4.78 is 23.5. The molecule has 0 radical (unpaired) electrons. The van der Waals surface area contributed by atoms with Crippen molar-refractivity contribution in [2.45, 2.75) is 11.9 Å². The van der Waals surface area contributed by atoms with Crippen LogP contribution >= 0.6 is 0 Å². The molecule has 3 aromatic rings. The molecular formula is C18H17N5O3S. The minimum Gasteiger partial charge on any atom is -0.340 e. The van der Waals surface area contributed by atoms with Gasteiger partial charge in [0.15, 0.2) is 14.9 Å². The Labute approximate surface area is 156 Å². The molecule has 0 unspecified atom stereocenters. The summed E-state index contributed by atoms with van der Waals surface area (Å²) in [6, 6.07) is 10.00. The second-order valence-electron chi connectivity index (χ2n) is 5.80. The van der Waals surface area contributed by atoms with Gasteiger partial charge >= 0.3 is 0 Å². The van der Waals surface area contributed by atoms with E-state index in [0.717, 1.165) is 17.4 Å². The molecule has 0 aliphatic heterocycles. The summed E-state index contributed by atoms with van der Waals surface area (Å²) in [5, 5.41) is 5.69. The van der Waals surface area contributed by atoms with E-state index in [0.29, 0.717) is 17.3 Å². The molecule has 27 heavy (non-hydrogen) atoms. The predicted octanol–water partition coefficient (Wildman–Crippen LogP) is 2.64. The molecule has 9 heteroatoms. The van der Waals surface area contributed by atoms with E-state index in [4.69, 9.17) is 0 Å². The summed E-state index contributed by atoms with van der Waals surface area (Å²) in [6.07, 6.45) is 6.04. The summed E-state index contributed by atoms with van der Waals surface area (Å²) in [7, 11) is -3.43. The lowest BCUT2D eigenvalue weighted by atomic mass is 10.1. The first kappa shape index (κ1) is 18.5. The highest BCUT2D eigenvalue weighted by molar-refractivity contribution is 7.90. The molecule has 0 saturated heterocycles. The van der Waals surface area contributed by atoms with Gasteiger partial charge in [-0.15, -0.1) is 0 Å². The lowest BCUT2D eigenvalue weighted by Crippen LogP contribution is -2.08. The topological polar surface area (TPSA) is 114 Å². The van der Waals surface area contributed by atoms with Crippen molar-refractivity contribution in [2.24, 2.45) is 0 Å². The molecule has 0 aromatic carbocycles. The summed E-state index contributed by atoms with van der Waals surface area (Å²) in [4.78, 5) is 23.8. The number of nitrogens with zero attached hydrogens (tertiary/aromatic N) is 3. The number of anilines is 3. The largest absolute Gasteiger partial charge is 0.340 e. The minimum atomic E-state index is -3.43. The van der Waals surface area contributed by atoms with Crippen LogP contribution in [0.3, 0.4) is 0 Å². The molecule has 0 aliphatic carbocycles. The second kappa shape index (κ2) is 7.50. The first-order chi connectivity index (χ1) is 12.8. The molecule has 0 fully saturated rings. The molecule has 0 atom stereocenters. The number of sulfone groups is 1. The summed E-state index contributed by atoms with van der Waals surface area (Å²) in [6.45, 7) is 1.39. The highest BCUT2D eigenvalue weighted by atomic mass is 32.2. The van der Waals surface area contributed by atoms with Crippen molar-refractivity contribution < 1.29 is 13.2 Å². The van der Waals surface area contributed by atoms with Crippen LogP contribution in [0.4, 0.5) is 17.3 Å². The zero-order valence-electron chi connectivity index (χ0n) is 14.7. The first-order valence-electron chi connectivity index (χ1n) is 7.95. The van der Waals surface area contributed by atoms with E-state index in [2.05, 4.69) is 25.6 Å². The van der Waals surface area contributed by atoms with Crippen LogP contribution in [-0.2, 0) is 14.6 Å². The number of hydrogen-bond acceptors (Lipinski definition) is 7. The van der Waals surface area contributed by atoms with Crippen molar-refractivity contribution >= 4 is 33.1 Å². The average Bonchev–Trinajstić information content (AvgIpc) is 2.62. The van der Waals surface area contributed by atoms with Crippen molar-refractivity contribution in [3.8, 4) is 11.1 Å². The van der Waals surface area contributed by atoms with Gasteiger partial charge in [0.25, 0.3) is 0 Å². The SMILES string of the molecule is CC(=O)Nc1cc(Nc2cccc(S(C)(=O)=O)n2)c(-c2cccnc2)cn1. The molecule has 3 rings (SSSR count). The summed E-state index contributed by atoms with van der Waals surface area (Å²) in [5.74, 6) is 0.458. The van der Waals surface area contributed by atoms with Gasteiger partial charge in [0.05, 0.1) is 5.69 Å². The maximum atomic E-state index is 11.7. The predicted molar refractivity (Wildman–Crippen MR) is 102 cm³/mol. The molecule has 138 valence electrons. The lowest BCUT2D eigenvalue weighted by molar-refractivity contribution is -0.114. The van der Waals surface area contributed by atoms with Crippen LogP contribution in [0.2, 0.25) is 0 Å². The number of hydrogen-bond donors (Lipinski definition) is 2. The maximum Gasteiger partial charge on any atom is 0.222 e. The van der Waals surface area contributed by atoms with Crippen LogP contribution in [0.1, 0.15) is 6.92 Å². The average molecular weight is 383 g/mol. The van der Waals surface area contributed by atoms with Crippen LogP contribution in [0.25, 0.3) is 11.1 Å². The minimum absolute atomic E-state index is 0.0356. The number of pyridine rings is 3. The van der Waals surface area contributed by atoms with E-state index in [1.165, 1.54) is 13.0 Å². The molecule has 3 aromatic heterocycles. The zero-order valence-corrected chi connectivity index (χ0v) is 15.5. The lowest BCUT2D eigenvalue weighted by Gasteiger charge is -2.13. The first-order valence-corrected chi connectivity index (χ1v) is 9.84. The van der Waals surface area contributed by atoms with Gasteiger partial charge in [-0.2, -0.15) is 0 Å². The Bertz CT molecular complexity index is 1090. The van der Waals surface area contributed by atoms with Gasteiger partial charge in [0.2, 0.25) is 5.91 Å². The van der Waals surface area contributed by atoms with Gasteiger partial charge in [-0.3, -0.25) is 9.78 Å². The van der Waals surface area contributed by atoms with Gasteiger partial charge in [0.1, 0.15) is 11.6 Å². The fourth-order valence-electron chi connectivity index (χ4n) is 2.39. The van der Waals surface area contributed by atoms with Gasteiger partial charge in [-0.25, -0.2) is 18.4 Å². The van der Waals surface area contributed by atoms with Crippen LogP contribution in [-0.4, -0.2) is 35.5 Å². The molecule has 8 nitrogen and oxygen atoms in total. The number of amides is 1. The normalized spacial score (nSPS) is 11.0. The van der Waals surface area contributed by atoms with Crippen LogP contribution in [0.15, 0.2) is 60.0 Å². The number of carbonyl (C=O) groups is 1. The zero-order chi connectivity index (χ0) is 19.4. The molecule has 2 N–H and O–H groups in total. The van der Waals surface area contributed by atoms with Crippen LogP contribution in [0, 0.1) is 0 Å². The third-order valence-electron chi connectivity index (χ3n) is 3.55. The van der Waals surface area contributed by atoms with Crippen molar-refractivity contribution in [2.75, 3.05) is 16.9 Å². The molecule has 0 bridgehead atoms. The van der Waals surface area contributed by atoms with Crippen molar-refractivity contribution in [3.05, 3.63) is 55.0 Å².